The van der Waals surface area contributed by atoms with Gasteiger partial charge in [-0.05, 0) is 43.4 Å². The van der Waals surface area contributed by atoms with E-state index in [1.165, 1.54) is 12.1 Å². The molecule has 1 aromatic carbocycles. The van der Waals surface area contributed by atoms with Crippen molar-refractivity contribution in [2.75, 3.05) is 0 Å². The molecule has 0 spiro atoms. The van der Waals surface area contributed by atoms with Crippen LogP contribution in [0, 0.1) is 16.7 Å². The number of guanidine groups is 1. The molecule has 6 nitrogen and oxygen atoms in total. The first kappa shape index (κ1) is 14.6. The van der Waals surface area contributed by atoms with E-state index in [4.69, 9.17) is 11.1 Å². The van der Waals surface area contributed by atoms with Crippen molar-refractivity contribution in [1.82, 2.24) is 5.32 Å². The Morgan fingerprint density at radius 3 is 2.76 bits per heavy atom. The van der Waals surface area contributed by atoms with E-state index in [9.17, 15) is 15.2 Å². The molecule has 6 heteroatoms. The fourth-order valence-corrected chi connectivity index (χ4v) is 2.50. The number of rotatable bonds is 2. The second-order valence-corrected chi connectivity index (χ2v) is 4.84. The number of amides is 1. The van der Waals surface area contributed by atoms with Gasteiger partial charge in [0, 0.05) is 5.56 Å². The van der Waals surface area contributed by atoms with Crippen molar-refractivity contribution in [1.29, 1.82) is 10.7 Å². The summed E-state index contributed by atoms with van der Waals surface area (Å²) >= 11 is 0. The van der Waals surface area contributed by atoms with E-state index in [1.807, 2.05) is 6.08 Å². The topological polar surface area (TPSA) is 123 Å². The van der Waals surface area contributed by atoms with Crippen molar-refractivity contribution in [3.05, 3.63) is 34.9 Å². The molecule has 0 aliphatic heterocycles. The molecule has 0 unspecified atom stereocenters. The molecule has 0 saturated heterocycles. The molecule has 1 amide bonds. The van der Waals surface area contributed by atoms with E-state index in [1.54, 1.807) is 0 Å². The van der Waals surface area contributed by atoms with Gasteiger partial charge in [0.2, 0.25) is 0 Å². The third kappa shape index (κ3) is 3.03. The van der Waals surface area contributed by atoms with Crippen molar-refractivity contribution in [2.24, 2.45) is 5.73 Å². The van der Waals surface area contributed by atoms with Gasteiger partial charge in [-0.1, -0.05) is 6.08 Å². The van der Waals surface area contributed by atoms with Gasteiger partial charge in [0.1, 0.15) is 5.75 Å². The lowest BCUT2D eigenvalue weighted by Gasteiger charge is -2.18. The molecule has 1 aromatic rings. The number of allylic oxidation sites excluding steroid dienone is 2. The van der Waals surface area contributed by atoms with Crippen molar-refractivity contribution in [3.63, 3.8) is 0 Å². The first-order chi connectivity index (χ1) is 10.0. The fourth-order valence-electron chi connectivity index (χ4n) is 2.50. The molecular weight excluding hydrogens is 268 g/mol. The molecule has 21 heavy (non-hydrogen) atoms. The van der Waals surface area contributed by atoms with Gasteiger partial charge in [0.05, 0.1) is 17.2 Å². The molecule has 1 aliphatic rings. The van der Waals surface area contributed by atoms with E-state index in [0.717, 1.165) is 31.3 Å². The Labute approximate surface area is 122 Å². The van der Waals surface area contributed by atoms with Crippen LogP contribution in [0.1, 0.15) is 47.2 Å². The van der Waals surface area contributed by atoms with E-state index in [2.05, 4.69) is 11.4 Å². The maximum atomic E-state index is 12.2. The number of phenolic OH excluding ortho intramolecular Hbond substituents is 1. The minimum Gasteiger partial charge on any atom is -0.507 e. The van der Waals surface area contributed by atoms with Gasteiger partial charge in [-0.2, -0.15) is 5.26 Å². The Morgan fingerprint density at radius 1 is 1.43 bits per heavy atom. The minimum absolute atomic E-state index is 0.00241. The van der Waals surface area contributed by atoms with Gasteiger partial charge < -0.3 is 10.8 Å². The molecule has 0 fully saturated rings. The standard InChI is InChI=1S/C15H16N4O2/c16-8-10-6-7-11(20)13(14(21)19-15(17)18)12(10)9-4-2-1-3-5-9/h4,6-7,20H,1-3,5H2,(H4,17,18,19,21). The number of benzene rings is 1. The third-order valence-electron chi connectivity index (χ3n) is 3.39. The summed E-state index contributed by atoms with van der Waals surface area (Å²) in [5, 5.41) is 28.6. The molecule has 5 N–H and O–H groups in total. The summed E-state index contributed by atoms with van der Waals surface area (Å²) in [6.45, 7) is 0. The summed E-state index contributed by atoms with van der Waals surface area (Å²) in [6, 6.07) is 4.85. The van der Waals surface area contributed by atoms with Crippen LogP contribution in [-0.2, 0) is 0 Å². The molecule has 108 valence electrons. The average molecular weight is 284 g/mol. The number of nitriles is 1. The van der Waals surface area contributed by atoms with Crippen LogP contribution >= 0.6 is 0 Å². The Hall–Kier alpha value is -2.81. The zero-order valence-corrected chi connectivity index (χ0v) is 11.4. The number of nitrogens with two attached hydrogens (primary N) is 1. The summed E-state index contributed by atoms with van der Waals surface area (Å²) < 4.78 is 0. The quantitative estimate of drug-likeness (QED) is 0.488. The van der Waals surface area contributed by atoms with E-state index >= 15 is 0 Å². The maximum absolute atomic E-state index is 12.2. The first-order valence-electron chi connectivity index (χ1n) is 6.65. The molecule has 0 saturated carbocycles. The molecule has 1 aliphatic carbocycles. The summed E-state index contributed by atoms with van der Waals surface area (Å²) in [6.07, 6.45) is 5.66. The highest BCUT2D eigenvalue weighted by Gasteiger charge is 2.23. The number of hydrogen-bond donors (Lipinski definition) is 4. The second kappa shape index (κ2) is 6.09. The van der Waals surface area contributed by atoms with Crippen LogP contribution in [0.4, 0.5) is 0 Å². The normalized spacial score (nSPS) is 14.0. The number of aromatic hydroxyl groups is 1. The number of carbonyl (C=O) groups excluding carboxylic acids is 1. The first-order valence-corrected chi connectivity index (χ1v) is 6.65. The molecule has 0 heterocycles. The Kier molecular flexibility index (Phi) is 4.24. The molecule has 0 radical (unpaired) electrons. The van der Waals surface area contributed by atoms with Crippen molar-refractivity contribution in [3.8, 4) is 11.8 Å². The van der Waals surface area contributed by atoms with Gasteiger partial charge in [0.15, 0.2) is 5.96 Å². The molecule has 0 atom stereocenters. The van der Waals surface area contributed by atoms with Gasteiger partial charge in [-0.15, -0.1) is 0 Å². The SMILES string of the molecule is N#Cc1ccc(O)c(C(=O)NC(=N)N)c1C1=CCCCC1. The van der Waals surface area contributed by atoms with Crippen LogP contribution in [-0.4, -0.2) is 17.0 Å². The van der Waals surface area contributed by atoms with Gasteiger partial charge >= 0.3 is 0 Å². The van der Waals surface area contributed by atoms with Crippen LogP contribution in [0.25, 0.3) is 5.57 Å². The monoisotopic (exact) mass is 284 g/mol. The highest BCUT2D eigenvalue weighted by molar-refractivity contribution is 6.09. The van der Waals surface area contributed by atoms with E-state index in [0.29, 0.717) is 11.1 Å². The van der Waals surface area contributed by atoms with E-state index < -0.39 is 11.9 Å². The lowest BCUT2D eigenvalue weighted by Crippen LogP contribution is -2.36. The van der Waals surface area contributed by atoms with E-state index in [-0.39, 0.29) is 11.3 Å². The Bertz CT molecular complexity index is 671. The second-order valence-electron chi connectivity index (χ2n) is 4.84. The predicted octanol–water partition coefficient (Wildman–Crippen LogP) is 1.84. The predicted molar refractivity (Wildman–Crippen MR) is 78.6 cm³/mol. The fraction of sp³-hybridized carbons (Fsp3) is 0.267. The summed E-state index contributed by atoms with van der Waals surface area (Å²) in [7, 11) is 0. The highest BCUT2D eigenvalue weighted by atomic mass is 16.3. The Morgan fingerprint density at radius 2 is 2.19 bits per heavy atom. The smallest absolute Gasteiger partial charge is 0.262 e. The van der Waals surface area contributed by atoms with Crippen LogP contribution < -0.4 is 11.1 Å². The van der Waals surface area contributed by atoms with Crippen molar-refractivity contribution in [2.45, 2.75) is 25.7 Å². The number of carbonyl (C=O) groups is 1. The number of hydrogen-bond acceptors (Lipinski definition) is 4. The Balaban J connectivity index is 2.62. The van der Waals surface area contributed by atoms with Gasteiger partial charge in [-0.25, -0.2) is 0 Å². The lowest BCUT2D eigenvalue weighted by atomic mass is 9.87. The van der Waals surface area contributed by atoms with Gasteiger partial charge in [0.25, 0.3) is 5.91 Å². The lowest BCUT2D eigenvalue weighted by molar-refractivity contribution is 0.0973. The third-order valence-corrected chi connectivity index (χ3v) is 3.39. The average Bonchev–Trinajstić information content (AvgIpc) is 2.46. The van der Waals surface area contributed by atoms with Crippen molar-refractivity contribution < 1.29 is 9.90 Å². The largest absolute Gasteiger partial charge is 0.507 e. The summed E-state index contributed by atoms with van der Waals surface area (Å²) in [5.41, 5.74) is 6.81. The number of phenols is 1. The summed E-state index contributed by atoms with van der Waals surface area (Å²) in [5.74, 6) is -1.42. The summed E-state index contributed by atoms with van der Waals surface area (Å²) in [4.78, 5) is 12.2. The van der Waals surface area contributed by atoms with Crippen LogP contribution in [0.3, 0.4) is 0 Å². The van der Waals surface area contributed by atoms with Crippen molar-refractivity contribution >= 4 is 17.4 Å². The van der Waals surface area contributed by atoms with Crippen LogP contribution in [0.5, 0.6) is 5.75 Å². The van der Waals surface area contributed by atoms with Gasteiger partial charge in [-0.3, -0.25) is 15.5 Å². The molecule has 2 rings (SSSR count). The highest BCUT2D eigenvalue weighted by Crippen LogP contribution is 2.35. The number of nitrogens with zero attached hydrogens (tertiary/aromatic N) is 1. The number of nitrogens with one attached hydrogen (secondary N) is 2. The molecular formula is C15H16N4O2. The minimum atomic E-state index is -0.682. The zero-order valence-electron chi connectivity index (χ0n) is 11.4. The maximum Gasteiger partial charge on any atom is 0.262 e. The molecule has 0 aromatic heterocycles. The van der Waals surface area contributed by atoms with Crippen LogP contribution in [0.2, 0.25) is 0 Å². The zero-order chi connectivity index (χ0) is 15.4. The molecule has 0 bridgehead atoms. The van der Waals surface area contributed by atoms with Crippen LogP contribution in [0.15, 0.2) is 18.2 Å².